The highest BCUT2D eigenvalue weighted by Gasteiger charge is 2.32. The van der Waals surface area contributed by atoms with Gasteiger partial charge in [0.05, 0.1) is 4.92 Å². The minimum atomic E-state index is -0.512. The number of nitrogens with two attached hydrogens (primary N) is 1. The zero-order chi connectivity index (χ0) is 12.6. The molecule has 1 saturated heterocycles. The third-order valence-electron chi connectivity index (χ3n) is 2.85. The predicted octanol–water partition coefficient (Wildman–Crippen LogP) is 0.686. The van der Waals surface area contributed by atoms with Crippen molar-refractivity contribution in [3.8, 4) is 0 Å². The highest BCUT2D eigenvalue weighted by molar-refractivity contribution is 5.99. The fraction of sp³-hybridized carbons (Fsp3) is 0.364. The fourth-order valence-electron chi connectivity index (χ4n) is 1.92. The van der Waals surface area contributed by atoms with Crippen LogP contribution in [0.1, 0.15) is 15.9 Å². The zero-order valence-electron chi connectivity index (χ0n) is 9.42. The first-order valence-electron chi connectivity index (χ1n) is 5.29. The standard InChI is InChI=1S/C11H13N3O3/c1-7-3-2-4-9(10(7)14(16)17)11(15)13-5-8(12)6-13/h2-4,8H,5-6,12H2,1H3. The monoisotopic (exact) mass is 235 g/mol. The van der Waals surface area contributed by atoms with Crippen molar-refractivity contribution in [3.63, 3.8) is 0 Å². The number of rotatable bonds is 2. The van der Waals surface area contributed by atoms with Crippen LogP contribution >= 0.6 is 0 Å². The second-order valence-electron chi connectivity index (χ2n) is 4.20. The molecule has 2 rings (SSSR count). The molecule has 1 aromatic rings. The van der Waals surface area contributed by atoms with Crippen LogP contribution in [0.25, 0.3) is 0 Å². The molecule has 0 unspecified atom stereocenters. The third-order valence-corrected chi connectivity index (χ3v) is 2.85. The normalized spacial score (nSPS) is 15.5. The van der Waals surface area contributed by atoms with Gasteiger partial charge in [0.2, 0.25) is 0 Å². The summed E-state index contributed by atoms with van der Waals surface area (Å²) in [6.45, 7) is 2.55. The predicted molar refractivity (Wildman–Crippen MR) is 61.7 cm³/mol. The van der Waals surface area contributed by atoms with Gasteiger partial charge in [-0.3, -0.25) is 14.9 Å². The molecule has 0 spiro atoms. The second kappa shape index (κ2) is 4.14. The minimum Gasteiger partial charge on any atom is -0.335 e. The topological polar surface area (TPSA) is 89.5 Å². The van der Waals surface area contributed by atoms with E-state index < -0.39 is 4.92 Å². The highest BCUT2D eigenvalue weighted by atomic mass is 16.6. The van der Waals surface area contributed by atoms with Crippen molar-refractivity contribution in [2.45, 2.75) is 13.0 Å². The van der Waals surface area contributed by atoms with E-state index in [0.717, 1.165) is 0 Å². The van der Waals surface area contributed by atoms with E-state index in [1.54, 1.807) is 19.1 Å². The first kappa shape index (κ1) is 11.5. The summed E-state index contributed by atoms with van der Waals surface area (Å²) in [5.74, 6) is -0.317. The lowest BCUT2D eigenvalue weighted by molar-refractivity contribution is -0.385. The first-order valence-corrected chi connectivity index (χ1v) is 5.29. The molecule has 6 nitrogen and oxygen atoms in total. The Kier molecular flexibility index (Phi) is 2.81. The molecule has 1 fully saturated rings. The molecular weight excluding hydrogens is 222 g/mol. The van der Waals surface area contributed by atoms with Crippen LogP contribution in [0.3, 0.4) is 0 Å². The largest absolute Gasteiger partial charge is 0.335 e. The fourth-order valence-corrected chi connectivity index (χ4v) is 1.92. The van der Waals surface area contributed by atoms with Gasteiger partial charge in [-0.25, -0.2) is 0 Å². The number of nitrogens with zero attached hydrogens (tertiary/aromatic N) is 2. The van der Waals surface area contributed by atoms with E-state index in [-0.39, 0.29) is 23.2 Å². The van der Waals surface area contributed by atoms with Gasteiger partial charge in [0.1, 0.15) is 5.56 Å². The van der Waals surface area contributed by atoms with E-state index in [2.05, 4.69) is 0 Å². The quantitative estimate of drug-likeness (QED) is 0.603. The van der Waals surface area contributed by atoms with Gasteiger partial charge in [-0.1, -0.05) is 12.1 Å². The Morgan fingerprint density at radius 3 is 2.71 bits per heavy atom. The number of nitro benzene ring substituents is 1. The van der Waals surface area contributed by atoms with Gasteiger partial charge in [0.15, 0.2) is 0 Å². The molecule has 0 aromatic heterocycles. The Bertz CT molecular complexity index is 481. The van der Waals surface area contributed by atoms with Gasteiger partial charge in [0.25, 0.3) is 11.6 Å². The molecule has 1 aromatic carbocycles. The van der Waals surface area contributed by atoms with E-state index >= 15 is 0 Å². The maximum absolute atomic E-state index is 12.0. The average molecular weight is 235 g/mol. The Morgan fingerprint density at radius 2 is 2.18 bits per heavy atom. The lowest BCUT2D eigenvalue weighted by atomic mass is 10.0. The van der Waals surface area contributed by atoms with Crippen LogP contribution in [0.5, 0.6) is 0 Å². The molecule has 6 heteroatoms. The maximum Gasteiger partial charge on any atom is 0.285 e. The van der Waals surface area contributed by atoms with Crippen LogP contribution < -0.4 is 5.73 Å². The summed E-state index contributed by atoms with van der Waals surface area (Å²) in [6.07, 6.45) is 0. The SMILES string of the molecule is Cc1cccc(C(=O)N2CC(N)C2)c1[N+](=O)[O-]. The van der Waals surface area contributed by atoms with Crippen molar-refractivity contribution in [2.24, 2.45) is 5.73 Å². The number of benzene rings is 1. The van der Waals surface area contributed by atoms with Crippen molar-refractivity contribution in [1.29, 1.82) is 0 Å². The van der Waals surface area contributed by atoms with E-state index in [4.69, 9.17) is 5.73 Å². The molecule has 0 bridgehead atoms. The van der Waals surface area contributed by atoms with Gasteiger partial charge in [-0.2, -0.15) is 0 Å². The smallest absolute Gasteiger partial charge is 0.285 e. The summed E-state index contributed by atoms with van der Waals surface area (Å²) in [6, 6.07) is 4.74. The van der Waals surface area contributed by atoms with E-state index in [1.165, 1.54) is 11.0 Å². The number of amides is 1. The van der Waals surface area contributed by atoms with Crippen molar-refractivity contribution < 1.29 is 9.72 Å². The summed E-state index contributed by atoms with van der Waals surface area (Å²) < 4.78 is 0. The van der Waals surface area contributed by atoms with Crippen LogP contribution in [0.15, 0.2) is 18.2 Å². The molecule has 2 N–H and O–H groups in total. The van der Waals surface area contributed by atoms with Crippen molar-refractivity contribution in [2.75, 3.05) is 13.1 Å². The van der Waals surface area contributed by atoms with Gasteiger partial charge in [-0.15, -0.1) is 0 Å². The number of nitro groups is 1. The molecule has 90 valence electrons. The van der Waals surface area contributed by atoms with Crippen LogP contribution in [0.4, 0.5) is 5.69 Å². The lowest BCUT2D eigenvalue weighted by Crippen LogP contribution is -2.57. The molecule has 1 amide bonds. The first-order chi connectivity index (χ1) is 8.00. The number of hydrogen-bond donors (Lipinski definition) is 1. The average Bonchev–Trinajstić information content (AvgIpc) is 2.23. The molecule has 0 radical (unpaired) electrons. The van der Waals surface area contributed by atoms with Crippen LogP contribution in [0.2, 0.25) is 0 Å². The van der Waals surface area contributed by atoms with E-state index in [1.807, 2.05) is 0 Å². The van der Waals surface area contributed by atoms with Gasteiger partial charge in [0, 0.05) is 24.7 Å². The lowest BCUT2D eigenvalue weighted by Gasteiger charge is -2.36. The molecular formula is C11H13N3O3. The van der Waals surface area contributed by atoms with Crippen LogP contribution in [-0.4, -0.2) is 34.9 Å². The number of aryl methyl sites for hydroxylation is 1. The highest BCUT2D eigenvalue weighted by Crippen LogP contribution is 2.25. The number of likely N-dealkylation sites (tertiary alicyclic amines) is 1. The van der Waals surface area contributed by atoms with Gasteiger partial charge >= 0.3 is 0 Å². The molecule has 17 heavy (non-hydrogen) atoms. The summed E-state index contributed by atoms with van der Waals surface area (Å²) in [5, 5.41) is 11.0. The Labute approximate surface area is 98.2 Å². The number of carbonyl (C=O) groups is 1. The number of hydrogen-bond acceptors (Lipinski definition) is 4. The maximum atomic E-state index is 12.0. The third kappa shape index (κ3) is 1.99. The summed E-state index contributed by atoms with van der Waals surface area (Å²) in [7, 11) is 0. The van der Waals surface area contributed by atoms with Crippen LogP contribution in [-0.2, 0) is 0 Å². The number of carbonyl (C=O) groups excluding carboxylic acids is 1. The summed E-state index contributed by atoms with van der Waals surface area (Å²) in [5.41, 5.74) is 6.10. The van der Waals surface area contributed by atoms with E-state index in [0.29, 0.717) is 18.7 Å². The van der Waals surface area contributed by atoms with Crippen LogP contribution in [0, 0.1) is 17.0 Å². The zero-order valence-corrected chi connectivity index (χ0v) is 9.42. The van der Waals surface area contributed by atoms with Gasteiger partial charge in [-0.05, 0) is 13.0 Å². The molecule has 0 aliphatic carbocycles. The summed E-state index contributed by atoms with van der Waals surface area (Å²) >= 11 is 0. The second-order valence-corrected chi connectivity index (χ2v) is 4.20. The molecule has 1 heterocycles. The Hall–Kier alpha value is -1.95. The molecule has 0 atom stereocenters. The van der Waals surface area contributed by atoms with Crippen molar-refractivity contribution in [1.82, 2.24) is 4.90 Å². The number of para-hydroxylation sites is 1. The van der Waals surface area contributed by atoms with Crippen molar-refractivity contribution >= 4 is 11.6 Å². The summed E-state index contributed by atoms with van der Waals surface area (Å²) in [4.78, 5) is 24.0. The molecule has 1 aliphatic rings. The van der Waals surface area contributed by atoms with Crippen molar-refractivity contribution in [3.05, 3.63) is 39.4 Å². The Balaban J connectivity index is 2.35. The minimum absolute atomic E-state index is 0.0113. The van der Waals surface area contributed by atoms with E-state index in [9.17, 15) is 14.9 Å². The molecule has 0 saturated carbocycles. The molecule has 1 aliphatic heterocycles. The Morgan fingerprint density at radius 1 is 1.53 bits per heavy atom. The van der Waals surface area contributed by atoms with Gasteiger partial charge < -0.3 is 10.6 Å².